The molecule has 1 aromatic rings. The second kappa shape index (κ2) is 7.92. The van der Waals surface area contributed by atoms with Crippen LogP contribution in [-0.2, 0) is 6.54 Å². The molecule has 4 nitrogen and oxygen atoms in total. The second-order valence-electron chi connectivity index (χ2n) is 4.35. The van der Waals surface area contributed by atoms with Crippen LogP contribution in [-0.4, -0.2) is 41.4 Å². The van der Waals surface area contributed by atoms with Crippen molar-refractivity contribution >= 4 is 15.9 Å². The number of nitrogens with zero attached hydrogens (tertiary/aromatic N) is 3. The van der Waals surface area contributed by atoms with Crippen molar-refractivity contribution in [3.05, 3.63) is 16.4 Å². The van der Waals surface area contributed by atoms with E-state index in [0.717, 1.165) is 37.1 Å². The van der Waals surface area contributed by atoms with Gasteiger partial charge in [-0.15, -0.1) is 0 Å². The highest BCUT2D eigenvalue weighted by Crippen LogP contribution is 2.25. The number of hydrogen-bond donors (Lipinski definition) is 1. The number of aryl methyl sites for hydroxylation is 1. The number of hydrogen-bond acceptors (Lipinski definition) is 3. The van der Waals surface area contributed by atoms with Gasteiger partial charge in [-0.3, -0.25) is 4.68 Å². The molecule has 0 bridgehead atoms. The molecule has 0 amide bonds. The maximum Gasteiger partial charge on any atom is 0.0695 e. The Kier molecular flexibility index (Phi) is 6.89. The first-order valence-corrected chi connectivity index (χ1v) is 7.57. The zero-order valence-corrected chi connectivity index (χ0v) is 13.5. The number of rotatable bonds is 8. The van der Waals surface area contributed by atoms with E-state index in [2.05, 4.69) is 56.7 Å². The molecular weight excluding hydrogens is 292 g/mol. The quantitative estimate of drug-likeness (QED) is 0.800. The molecule has 1 unspecified atom stereocenters. The third-order valence-electron chi connectivity index (χ3n) is 3.44. The molecule has 0 saturated heterocycles. The fourth-order valence-electron chi connectivity index (χ4n) is 2.24. The molecule has 18 heavy (non-hydrogen) atoms. The molecule has 1 heterocycles. The van der Waals surface area contributed by atoms with Gasteiger partial charge in [-0.1, -0.05) is 13.8 Å². The highest BCUT2D eigenvalue weighted by atomic mass is 79.9. The van der Waals surface area contributed by atoms with Gasteiger partial charge in [-0.05, 0) is 56.0 Å². The fraction of sp³-hybridized carbons (Fsp3) is 0.769. The Morgan fingerprint density at radius 3 is 2.56 bits per heavy atom. The minimum absolute atomic E-state index is 0.349. The third kappa shape index (κ3) is 3.80. The van der Waals surface area contributed by atoms with E-state index in [1.807, 2.05) is 13.2 Å². The molecule has 0 aliphatic carbocycles. The van der Waals surface area contributed by atoms with Crippen molar-refractivity contribution in [3.63, 3.8) is 0 Å². The van der Waals surface area contributed by atoms with Gasteiger partial charge >= 0.3 is 0 Å². The predicted octanol–water partition coefficient (Wildman–Crippen LogP) is 2.66. The molecule has 0 saturated carbocycles. The van der Waals surface area contributed by atoms with E-state index in [0.29, 0.717) is 6.04 Å². The van der Waals surface area contributed by atoms with E-state index >= 15 is 0 Å². The van der Waals surface area contributed by atoms with Crippen molar-refractivity contribution in [1.82, 2.24) is 20.0 Å². The van der Waals surface area contributed by atoms with Gasteiger partial charge < -0.3 is 10.2 Å². The first-order chi connectivity index (χ1) is 8.67. The Morgan fingerprint density at radius 2 is 2.06 bits per heavy atom. The molecule has 0 aliphatic rings. The lowest BCUT2D eigenvalue weighted by Gasteiger charge is -2.23. The molecule has 0 fully saturated rings. The van der Waals surface area contributed by atoms with Crippen LogP contribution in [0.4, 0.5) is 0 Å². The molecule has 1 rings (SSSR count). The van der Waals surface area contributed by atoms with Crippen LogP contribution in [0.3, 0.4) is 0 Å². The number of aromatic nitrogens is 2. The lowest BCUT2D eigenvalue weighted by atomic mass is 10.1. The van der Waals surface area contributed by atoms with Gasteiger partial charge in [0.15, 0.2) is 0 Å². The summed E-state index contributed by atoms with van der Waals surface area (Å²) in [5.74, 6) is 0. The summed E-state index contributed by atoms with van der Waals surface area (Å²) in [5.41, 5.74) is 1.26. The maximum atomic E-state index is 4.39. The van der Waals surface area contributed by atoms with Crippen molar-refractivity contribution in [3.8, 4) is 0 Å². The molecule has 0 radical (unpaired) electrons. The standard InChI is InChI=1S/C13H25BrN4/c1-5-17(6-2)9-8-12(15-4)13-11(14)10-16-18(13)7-3/h10,12,15H,5-9H2,1-4H3. The molecule has 104 valence electrons. The van der Waals surface area contributed by atoms with E-state index in [-0.39, 0.29) is 0 Å². The third-order valence-corrected chi connectivity index (χ3v) is 4.05. The van der Waals surface area contributed by atoms with Gasteiger partial charge in [0.25, 0.3) is 0 Å². The van der Waals surface area contributed by atoms with Crippen molar-refractivity contribution in [2.24, 2.45) is 0 Å². The molecule has 1 atom stereocenters. The van der Waals surface area contributed by atoms with Crippen LogP contribution in [0.15, 0.2) is 10.7 Å². The Balaban J connectivity index is 2.73. The van der Waals surface area contributed by atoms with Crippen LogP contribution >= 0.6 is 15.9 Å². The molecule has 0 aliphatic heterocycles. The topological polar surface area (TPSA) is 33.1 Å². The van der Waals surface area contributed by atoms with Crippen LogP contribution in [0, 0.1) is 0 Å². The summed E-state index contributed by atoms with van der Waals surface area (Å²) in [6.07, 6.45) is 2.99. The summed E-state index contributed by atoms with van der Waals surface area (Å²) in [6, 6.07) is 0.349. The summed E-state index contributed by atoms with van der Waals surface area (Å²) in [7, 11) is 2.02. The zero-order chi connectivity index (χ0) is 13.5. The van der Waals surface area contributed by atoms with Gasteiger partial charge in [0.05, 0.1) is 22.4 Å². The Hall–Kier alpha value is -0.390. The average molecular weight is 317 g/mol. The van der Waals surface area contributed by atoms with Gasteiger partial charge in [-0.25, -0.2) is 0 Å². The van der Waals surface area contributed by atoms with Crippen LogP contribution in [0.1, 0.15) is 38.9 Å². The van der Waals surface area contributed by atoms with Crippen LogP contribution in [0.5, 0.6) is 0 Å². The summed E-state index contributed by atoms with van der Waals surface area (Å²) in [5, 5.41) is 7.79. The highest BCUT2D eigenvalue weighted by Gasteiger charge is 2.18. The van der Waals surface area contributed by atoms with Gasteiger partial charge in [0.2, 0.25) is 0 Å². The van der Waals surface area contributed by atoms with Gasteiger partial charge in [-0.2, -0.15) is 5.10 Å². The average Bonchev–Trinajstić information content (AvgIpc) is 2.76. The Morgan fingerprint density at radius 1 is 1.39 bits per heavy atom. The van der Waals surface area contributed by atoms with E-state index in [4.69, 9.17) is 0 Å². The summed E-state index contributed by atoms with van der Waals surface area (Å²) in [6.45, 7) is 10.8. The largest absolute Gasteiger partial charge is 0.312 e. The number of halogens is 1. The summed E-state index contributed by atoms with van der Waals surface area (Å²) >= 11 is 3.60. The minimum Gasteiger partial charge on any atom is -0.312 e. The van der Waals surface area contributed by atoms with Crippen LogP contribution < -0.4 is 5.32 Å². The van der Waals surface area contributed by atoms with Crippen molar-refractivity contribution in [2.75, 3.05) is 26.7 Å². The first-order valence-electron chi connectivity index (χ1n) is 6.78. The van der Waals surface area contributed by atoms with Gasteiger partial charge in [0, 0.05) is 6.54 Å². The second-order valence-corrected chi connectivity index (χ2v) is 5.20. The highest BCUT2D eigenvalue weighted by molar-refractivity contribution is 9.10. The minimum atomic E-state index is 0.349. The van der Waals surface area contributed by atoms with E-state index in [9.17, 15) is 0 Å². The maximum absolute atomic E-state index is 4.39. The summed E-state index contributed by atoms with van der Waals surface area (Å²) < 4.78 is 3.16. The smallest absolute Gasteiger partial charge is 0.0695 e. The zero-order valence-electron chi connectivity index (χ0n) is 11.9. The van der Waals surface area contributed by atoms with Crippen molar-refractivity contribution in [2.45, 2.75) is 39.8 Å². The molecular formula is C13H25BrN4. The lowest BCUT2D eigenvalue weighted by molar-refractivity contribution is 0.281. The Labute approximate surface area is 119 Å². The van der Waals surface area contributed by atoms with Crippen LogP contribution in [0.2, 0.25) is 0 Å². The lowest BCUT2D eigenvalue weighted by Crippen LogP contribution is -2.29. The number of nitrogens with one attached hydrogen (secondary N) is 1. The van der Waals surface area contributed by atoms with Crippen molar-refractivity contribution < 1.29 is 0 Å². The monoisotopic (exact) mass is 316 g/mol. The molecule has 0 aromatic carbocycles. The van der Waals surface area contributed by atoms with E-state index < -0.39 is 0 Å². The van der Waals surface area contributed by atoms with E-state index in [1.165, 1.54) is 5.69 Å². The predicted molar refractivity (Wildman–Crippen MR) is 79.8 cm³/mol. The molecule has 0 spiro atoms. The summed E-state index contributed by atoms with van der Waals surface area (Å²) in [4.78, 5) is 2.45. The molecule has 1 aromatic heterocycles. The SMILES string of the molecule is CCN(CC)CCC(NC)c1c(Br)cnn1CC. The fourth-order valence-corrected chi connectivity index (χ4v) is 2.81. The Bertz CT molecular complexity index is 347. The van der Waals surface area contributed by atoms with Crippen LogP contribution in [0.25, 0.3) is 0 Å². The normalized spacial score (nSPS) is 13.2. The molecule has 1 N–H and O–H groups in total. The molecule has 5 heteroatoms. The van der Waals surface area contributed by atoms with E-state index in [1.54, 1.807) is 0 Å². The first kappa shape index (κ1) is 15.7. The van der Waals surface area contributed by atoms with Gasteiger partial charge in [0.1, 0.15) is 0 Å². The van der Waals surface area contributed by atoms with Crippen molar-refractivity contribution in [1.29, 1.82) is 0 Å².